The van der Waals surface area contributed by atoms with E-state index in [1.54, 1.807) is 0 Å². The summed E-state index contributed by atoms with van der Waals surface area (Å²) in [6.07, 6.45) is 4.66. The van der Waals surface area contributed by atoms with Crippen LogP contribution in [0.15, 0.2) is 0 Å². The molecule has 1 aliphatic carbocycles. The lowest BCUT2D eigenvalue weighted by Gasteiger charge is -2.47. The topological polar surface area (TPSA) is 141 Å². The van der Waals surface area contributed by atoms with Crippen LogP contribution in [0.1, 0.15) is 44.9 Å². The normalized spacial score (nSPS) is 33.4. The zero-order valence-electron chi connectivity index (χ0n) is 23.2. The summed E-state index contributed by atoms with van der Waals surface area (Å²) in [4.78, 5) is 33.3. The fraction of sp³-hybridized carbons (Fsp3) is 0.926. The van der Waals surface area contributed by atoms with Crippen molar-refractivity contribution in [1.29, 1.82) is 0 Å². The quantitative estimate of drug-likeness (QED) is 0.246. The van der Waals surface area contributed by atoms with Crippen molar-refractivity contribution in [2.75, 3.05) is 65.6 Å². The molecule has 0 aromatic heterocycles. The number of carbonyl (C=O) groups is 2. The third kappa shape index (κ3) is 6.91. The van der Waals surface area contributed by atoms with Gasteiger partial charge in [-0.15, -0.1) is 0 Å². The molecule has 4 heterocycles. The van der Waals surface area contributed by atoms with Crippen molar-refractivity contribution in [1.82, 2.24) is 30.7 Å². The van der Waals surface area contributed by atoms with Gasteiger partial charge in [-0.25, -0.2) is 4.39 Å². The van der Waals surface area contributed by atoms with Crippen molar-refractivity contribution in [3.8, 4) is 0 Å². The summed E-state index contributed by atoms with van der Waals surface area (Å²) in [6.45, 7) is 6.38. The highest BCUT2D eigenvalue weighted by atomic mass is 19.1. The number of likely N-dealkylation sites (tertiary alicyclic amines) is 1. The number of nitrogens with zero attached hydrogens (tertiary/aromatic N) is 3. The molecule has 4 aliphatic heterocycles. The summed E-state index contributed by atoms with van der Waals surface area (Å²) in [7, 11) is 0. The zero-order chi connectivity index (χ0) is 27.4. The van der Waals surface area contributed by atoms with E-state index in [-0.39, 0.29) is 48.6 Å². The molecule has 5 atom stereocenters. The van der Waals surface area contributed by atoms with Crippen molar-refractivity contribution in [2.24, 2.45) is 23.3 Å². The fourth-order valence-corrected chi connectivity index (χ4v) is 7.47. The molecule has 12 heteroatoms. The van der Waals surface area contributed by atoms with Gasteiger partial charge >= 0.3 is 0 Å². The highest BCUT2D eigenvalue weighted by Gasteiger charge is 2.44. The number of ether oxygens (including phenoxy) is 1. The molecule has 0 aromatic carbocycles. The van der Waals surface area contributed by atoms with Crippen LogP contribution < -0.4 is 27.4 Å². The number of nitrogens with one attached hydrogen (secondary N) is 3. The van der Waals surface area contributed by atoms with Crippen LogP contribution in [0.3, 0.4) is 0 Å². The molecule has 0 bridgehead atoms. The van der Waals surface area contributed by atoms with E-state index in [9.17, 15) is 14.0 Å². The van der Waals surface area contributed by atoms with Gasteiger partial charge in [0.1, 0.15) is 6.17 Å². The van der Waals surface area contributed by atoms with Gasteiger partial charge < -0.3 is 31.7 Å². The Hall–Kier alpha value is -1.41. The third-order valence-corrected chi connectivity index (χ3v) is 9.61. The fourth-order valence-electron chi connectivity index (χ4n) is 7.47. The first-order chi connectivity index (χ1) is 18.9. The van der Waals surface area contributed by atoms with Crippen molar-refractivity contribution < 1.29 is 18.7 Å². The third-order valence-electron chi connectivity index (χ3n) is 9.61. The SMILES string of the molecule is NC(N)C(C(=O)NC1CNCCC1N1CCC(C(=O)N2CCOCC2)CC1)C1NCC(F)CN1C1CCCC1. The molecule has 0 radical (unpaired) electrons. The standard InChI is InChI=1S/C27H49FN8O3/c28-19-15-32-25(36(17-19)20-3-1-2-4-20)23(24(29)30)26(37)33-21-16-31-8-5-22(21)34-9-6-18(7-10-34)27(38)35-11-13-39-14-12-35/h18-25,31-32H,1-17,29-30H2,(H,33,37). The maximum atomic E-state index is 14.4. The van der Waals surface area contributed by atoms with Crippen LogP contribution in [-0.2, 0) is 14.3 Å². The second-order valence-electron chi connectivity index (χ2n) is 12.1. The van der Waals surface area contributed by atoms with Crippen molar-refractivity contribution in [3.63, 3.8) is 0 Å². The van der Waals surface area contributed by atoms with Gasteiger partial charge in [0.25, 0.3) is 0 Å². The van der Waals surface area contributed by atoms with E-state index in [1.165, 1.54) is 0 Å². The minimum absolute atomic E-state index is 0.0620. The van der Waals surface area contributed by atoms with Gasteiger partial charge in [0.2, 0.25) is 11.8 Å². The van der Waals surface area contributed by atoms with Crippen LogP contribution >= 0.6 is 0 Å². The van der Waals surface area contributed by atoms with Crippen LogP contribution in [-0.4, -0.2) is 129 Å². The zero-order valence-corrected chi connectivity index (χ0v) is 23.2. The van der Waals surface area contributed by atoms with Gasteiger partial charge in [-0.05, 0) is 51.7 Å². The Bertz CT molecular complexity index is 817. The van der Waals surface area contributed by atoms with E-state index < -0.39 is 18.3 Å². The lowest BCUT2D eigenvalue weighted by molar-refractivity contribution is -0.141. The van der Waals surface area contributed by atoms with E-state index in [0.29, 0.717) is 39.4 Å². The van der Waals surface area contributed by atoms with Crippen LogP contribution in [0.25, 0.3) is 0 Å². The Morgan fingerprint density at radius 1 is 0.974 bits per heavy atom. The first-order valence-corrected chi connectivity index (χ1v) is 15.2. The number of carbonyl (C=O) groups excluding carboxylic acids is 2. The van der Waals surface area contributed by atoms with Crippen molar-refractivity contribution in [2.45, 2.75) is 81.6 Å². The number of halogens is 1. The van der Waals surface area contributed by atoms with Crippen molar-refractivity contribution >= 4 is 11.8 Å². The highest BCUT2D eigenvalue weighted by Crippen LogP contribution is 2.30. The van der Waals surface area contributed by atoms with Crippen LogP contribution in [0.2, 0.25) is 0 Å². The van der Waals surface area contributed by atoms with Crippen LogP contribution in [0, 0.1) is 11.8 Å². The number of rotatable bonds is 7. The summed E-state index contributed by atoms with van der Waals surface area (Å²) in [5, 5.41) is 10.0. The molecule has 1 saturated carbocycles. The van der Waals surface area contributed by atoms with E-state index in [2.05, 4.69) is 25.8 Å². The molecule has 0 spiro atoms. The molecule has 4 saturated heterocycles. The molecule has 7 N–H and O–H groups in total. The molecule has 5 unspecified atom stereocenters. The Morgan fingerprint density at radius 3 is 2.38 bits per heavy atom. The Balaban J connectivity index is 1.21. The lowest BCUT2D eigenvalue weighted by atomic mass is 9.90. The van der Waals surface area contributed by atoms with Gasteiger partial charge in [0.05, 0.1) is 37.5 Å². The molecule has 2 amide bonds. The molecular weight excluding hydrogens is 503 g/mol. The Kier molecular flexibility index (Phi) is 10.1. The largest absolute Gasteiger partial charge is 0.378 e. The molecule has 11 nitrogen and oxygen atoms in total. The number of hydrogen-bond donors (Lipinski definition) is 5. The molecule has 0 aromatic rings. The summed E-state index contributed by atoms with van der Waals surface area (Å²) in [6, 6.07) is 0.349. The number of hydrogen-bond acceptors (Lipinski definition) is 9. The van der Waals surface area contributed by atoms with Gasteiger partial charge in [-0.2, -0.15) is 0 Å². The molecule has 39 heavy (non-hydrogen) atoms. The molecule has 222 valence electrons. The minimum Gasteiger partial charge on any atom is -0.378 e. The van der Waals surface area contributed by atoms with E-state index in [1.807, 2.05) is 4.90 Å². The van der Waals surface area contributed by atoms with Gasteiger partial charge in [-0.1, -0.05) is 12.8 Å². The average Bonchev–Trinajstić information content (AvgIpc) is 3.49. The van der Waals surface area contributed by atoms with Crippen LogP contribution in [0.4, 0.5) is 4.39 Å². The Labute approximate surface area is 231 Å². The second-order valence-corrected chi connectivity index (χ2v) is 12.1. The maximum absolute atomic E-state index is 14.4. The number of morpholine rings is 1. The first kappa shape index (κ1) is 29.1. The van der Waals surface area contributed by atoms with E-state index in [0.717, 1.165) is 64.6 Å². The molecule has 5 rings (SSSR count). The maximum Gasteiger partial charge on any atom is 0.229 e. The molecular formula is C27H49FN8O3. The smallest absolute Gasteiger partial charge is 0.229 e. The number of amides is 2. The predicted octanol–water partition coefficient (Wildman–Crippen LogP) is -1.22. The Morgan fingerprint density at radius 2 is 1.69 bits per heavy atom. The lowest BCUT2D eigenvalue weighted by Crippen LogP contribution is -2.69. The van der Waals surface area contributed by atoms with Crippen molar-refractivity contribution in [3.05, 3.63) is 0 Å². The second kappa shape index (κ2) is 13.5. The minimum atomic E-state index is -0.968. The average molecular weight is 553 g/mol. The summed E-state index contributed by atoms with van der Waals surface area (Å²) in [5.74, 6) is -0.529. The molecule has 5 fully saturated rings. The van der Waals surface area contributed by atoms with E-state index >= 15 is 0 Å². The van der Waals surface area contributed by atoms with Gasteiger partial charge in [0.15, 0.2) is 0 Å². The molecule has 5 aliphatic rings. The first-order valence-electron chi connectivity index (χ1n) is 15.2. The predicted molar refractivity (Wildman–Crippen MR) is 146 cm³/mol. The van der Waals surface area contributed by atoms with Gasteiger partial charge in [-0.3, -0.25) is 24.7 Å². The summed E-state index contributed by atoms with van der Waals surface area (Å²) >= 11 is 0. The number of nitrogens with two attached hydrogens (primary N) is 2. The van der Waals surface area contributed by atoms with E-state index in [4.69, 9.17) is 16.2 Å². The summed E-state index contributed by atoms with van der Waals surface area (Å²) in [5.41, 5.74) is 12.5. The number of alkyl halides is 1. The highest BCUT2D eigenvalue weighted by molar-refractivity contribution is 5.80. The summed E-state index contributed by atoms with van der Waals surface area (Å²) < 4.78 is 19.8. The van der Waals surface area contributed by atoms with Crippen LogP contribution in [0.5, 0.6) is 0 Å². The number of piperidine rings is 2. The monoisotopic (exact) mass is 552 g/mol. The van der Waals surface area contributed by atoms with Gasteiger partial charge in [0, 0.05) is 50.7 Å².